The van der Waals surface area contributed by atoms with Crippen molar-refractivity contribution in [3.05, 3.63) is 117 Å². The number of hydrogen-bond donors (Lipinski definition) is 2. The maximum absolute atomic E-state index is 13.9. The Morgan fingerprint density at radius 2 is 1.63 bits per heavy atom. The zero-order valence-corrected chi connectivity index (χ0v) is 25.7. The molecule has 2 amide bonds. The lowest BCUT2D eigenvalue weighted by Gasteiger charge is -2.48. The van der Waals surface area contributed by atoms with E-state index >= 15 is 0 Å². The van der Waals surface area contributed by atoms with Crippen molar-refractivity contribution in [1.82, 2.24) is 9.80 Å². The SMILES string of the molecule is N[C@@H]1C(=O)N2C(C(=O)OC(c3ccccc3)c3ccccc3)=C(C=C3CCN(Cc4cccs4)C3=O)CS[C@H]12.O=C(O)C(F)(F)F. The molecule has 2 atom stereocenters. The average Bonchev–Trinajstić information content (AvgIpc) is 3.69. The molecule has 240 valence electrons. The quantitative estimate of drug-likeness (QED) is 0.207. The number of thioether (sulfide) groups is 1. The van der Waals surface area contributed by atoms with Crippen LogP contribution >= 0.6 is 23.1 Å². The van der Waals surface area contributed by atoms with Gasteiger partial charge in [0.1, 0.15) is 17.1 Å². The number of carboxylic acids is 1. The maximum atomic E-state index is 13.9. The number of ether oxygens (including phenoxy) is 1. The number of carbonyl (C=O) groups is 4. The lowest BCUT2D eigenvalue weighted by molar-refractivity contribution is -0.192. The van der Waals surface area contributed by atoms with Crippen molar-refractivity contribution >= 4 is 46.9 Å². The smallest absolute Gasteiger partial charge is 0.475 e. The fraction of sp³-hybridized carbons (Fsp3) is 0.250. The number of halogens is 3. The first-order chi connectivity index (χ1) is 22.0. The number of likely N-dealkylation sites (tertiary alicyclic amines) is 1. The van der Waals surface area contributed by atoms with Gasteiger partial charge < -0.3 is 20.5 Å². The molecule has 46 heavy (non-hydrogen) atoms. The normalized spacial score (nSPS) is 20.3. The molecule has 0 saturated carbocycles. The van der Waals surface area contributed by atoms with Gasteiger partial charge in [-0.3, -0.25) is 14.5 Å². The van der Waals surface area contributed by atoms with E-state index in [2.05, 4.69) is 0 Å². The highest BCUT2D eigenvalue weighted by atomic mass is 32.2. The van der Waals surface area contributed by atoms with E-state index in [0.717, 1.165) is 16.0 Å². The van der Waals surface area contributed by atoms with Crippen LogP contribution in [0, 0.1) is 0 Å². The molecule has 9 nitrogen and oxygen atoms in total. The van der Waals surface area contributed by atoms with Crippen molar-refractivity contribution in [2.24, 2.45) is 5.73 Å². The molecule has 2 fully saturated rings. The van der Waals surface area contributed by atoms with Crippen LogP contribution in [0.1, 0.15) is 28.5 Å². The van der Waals surface area contributed by atoms with Crippen LogP contribution in [0.4, 0.5) is 13.2 Å². The van der Waals surface area contributed by atoms with Crippen LogP contribution in [0.5, 0.6) is 0 Å². The Morgan fingerprint density at radius 1 is 1.02 bits per heavy atom. The second-order valence-electron chi connectivity index (χ2n) is 10.4. The summed E-state index contributed by atoms with van der Waals surface area (Å²) >= 11 is 3.12. The first-order valence-corrected chi connectivity index (χ1v) is 15.9. The molecule has 0 radical (unpaired) electrons. The number of aliphatic carboxylic acids is 1. The van der Waals surface area contributed by atoms with Gasteiger partial charge in [0.25, 0.3) is 0 Å². The number of carboxylic acid groups (broad SMARTS) is 1. The van der Waals surface area contributed by atoms with E-state index < -0.39 is 30.3 Å². The van der Waals surface area contributed by atoms with Gasteiger partial charge in [0.15, 0.2) is 6.10 Å². The summed E-state index contributed by atoms with van der Waals surface area (Å²) in [7, 11) is 0. The first-order valence-electron chi connectivity index (χ1n) is 14.0. The van der Waals surface area contributed by atoms with E-state index in [1.54, 1.807) is 17.4 Å². The van der Waals surface area contributed by atoms with E-state index in [0.29, 0.717) is 36.4 Å². The second-order valence-corrected chi connectivity index (χ2v) is 12.6. The summed E-state index contributed by atoms with van der Waals surface area (Å²) in [6.07, 6.45) is -3.38. The fourth-order valence-corrected chi connectivity index (χ4v) is 7.11. The number of benzene rings is 2. The third kappa shape index (κ3) is 7.19. The lowest BCUT2D eigenvalue weighted by Crippen LogP contribution is -2.68. The third-order valence-electron chi connectivity index (χ3n) is 7.39. The number of thiophene rings is 1. The van der Waals surface area contributed by atoms with Crippen LogP contribution in [-0.4, -0.2) is 68.5 Å². The fourth-order valence-electron chi connectivity index (χ4n) is 5.14. The summed E-state index contributed by atoms with van der Waals surface area (Å²) < 4.78 is 37.9. The van der Waals surface area contributed by atoms with Crippen molar-refractivity contribution in [3.63, 3.8) is 0 Å². The Kier molecular flexibility index (Phi) is 9.99. The molecule has 0 aliphatic carbocycles. The number of β-lactam (4-membered cyclic amide) rings is 1. The summed E-state index contributed by atoms with van der Waals surface area (Å²) in [6, 6.07) is 22.4. The number of esters is 1. The van der Waals surface area contributed by atoms with Gasteiger partial charge in [0.05, 0.1) is 6.54 Å². The molecule has 2 aromatic carbocycles. The van der Waals surface area contributed by atoms with Gasteiger partial charge in [-0.1, -0.05) is 66.7 Å². The number of allylic oxidation sites excluding steroid dienone is 1. The van der Waals surface area contributed by atoms with E-state index in [4.69, 9.17) is 20.4 Å². The molecule has 3 aliphatic rings. The zero-order chi connectivity index (χ0) is 33.0. The Morgan fingerprint density at radius 3 is 2.17 bits per heavy atom. The highest BCUT2D eigenvalue weighted by Gasteiger charge is 2.52. The van der Waals surface area contributed by atoms with E-state index in [-0.39, 0.29) is 22.9 Å². The first kappa shape index (κ1) is 33.0. The van der Waals surface area contributed by atoms with Crippen LogP contribution in [0.2, 0.25) is 0 Å². The van der Waals surface area contributed by atoms with Crippen molar-refractivity contribution in [1.29, 1.82) is 0 Å². The van der Waals surface area contributed by atoms with E-state index in [1.165, 1.54) is 16.7 Å². The van der Waals surface area contributed by atoms with Gasteiger partial charge in [-0.05, 0) is 40.6 Å². The maximum Gasteiger partial charge on any atom is 0.490 e. The Bertz CT molecular complexity index is 1620. The Labute approximate surface area is 270 Å². The molecule has 4 heterocycles. The standard InChI is InChI=1S/C30H27N3O4S2.C2HF3O2/c31-24-28(35)33-25(30(36)37-26(19-8-3-1-4-9-19)20-10-5-2-6-11-20)22(18-39-29(24)33)16-21-13-14-32(27(21)34)17-23-12-7-15-38-23;3-2(4,5)1(6)7/h1-12,15-16,24,26,29H,13-14,17-18,31H2;(H,6,7)/t24-,29-;/m1./s1. The number of alkyl halides is 3. The number of rotatable bonds is 7. The highest BCUT2D eigenvalue weighted by molar-refractivity contribution is 8.00. The van der Waals surface area contributed by atoms with Gasteiger partial charge >= 0.3 is 18.1 Å². The van der Waals surface area contributed by atoms with Gasteiger partial charge in [-0.25, -0.2) is 9.59 Å². The zero-order valence-electron chi connectivity index (χ0n) is 24.1. The van der Waals surface area contributed by atoms with Gasteiger partial charge in [-0.15, -0.1) is 23.1 Å². The molecule has 1 aromatic heterocycles. The van der Waals surface area contributed by atoms with Crippen molar-refractivity contribution in [2.45, 2.75) is 36.7 Å². The minimum absolute atomic E-state index is 0.0474. The molecule has 6 rings (SSSR count). The van der Waals surface area contributed by atoms with Gasteiger partial charge in [0.2, 0.25) is 11.8 Å². The Balaban J connectivity index is 0.000000537. The Hall–Kier alpha value is -4.40. The topological polar surface area (TPSA) is 130 Å². The predicted molar refractivity (Wildman–Crippen MR) is 165 cm³/mol. The molecule has 2 saturated heterocycles. The number of amides is 2. The van der Waals surface area contributed by atoms with Crippen molar-refractivity contribution in [2.75, 3.05) is 12.3 Å². The van der Waals surface area contributed by atoms with Crippen LogP contribution in [0.3, 0.4) is 0 Å². The van der Waals surface area contributed by atoms with E-state index in [9.17, 15) is 27.6 Å². The molecule has 3 N–H and O–H groups in total. The van der Waals surface area contributed by atoms with Crippen LogP contribution in [-0.2, 0) is 30.5 Å². The largest absolute Gasteiger partial charge is 0.490 e. The minimum Gasteiger partial charge on any atom is -0.475 e. The van der Waals surface area contributed by atoms with Crippen LogP contribution in [0.25, 0.3) is 0 Å². The molecular formula is C32H28F3N3O6S2. The van der Waals surface area contributed by atoms with Gasteiger partial charge in [-0.2, -0.15) is 13.2 Å². The molecule has 14 heteroatoms. The molecular weight excluding hydrogens is 643 g/mol. The monoisotopic (exact) mass is 671 g/mol. The van der Waals surface area contributed by atoms with Crippen LogP contribution < -0.4 is 5.73 Å². The lowest BCUT2D eigenvalue weighted by atomic mass is 10.00. The number of nitrogens with zero attached hydrogens (tertiary/aromatic N) is 2. The number of nitrogens with two attached hydrogens (primary N) is 1. The average molecular weight is 672 g/mol. The summed E-state index contributed by atoms with van der Waals surface area (Å²) in [5, 5.41) is 8.79. The van der Waals surface area contributed by atoms with Crippen molar-refractivity contribution in [3.8, 4) is 0 Å². The molecule has 3 aliphatic heterocycles. The van der Waals surface area contributed by atoms with E-state index in [1.807, 2.05) is 83.1 Å². The molecule has 0 bridgehead atoms. The molecule has 3 aromatic rings. The van der Waals surface area contributed by atoms with Crippen LogP contribution in [0.15, 0.2) is 101 Å². The number of hydrogen-bond acceptors (Lipinski definition) is 8. The molecule has 0 unspecified atom stereocenters. The predicted octanol–water partition coefficient (Wildman–Crippen LogP) is 4.87. The summed E-state index contributed by atoms with van der Waals surface area (Å²) in [4.78, 5) is 53.3. The van der Waals surface area contributed by atoms with Gasteiger partial charge in [0, 0.05) is 22.7 Å². The third-order valence-corrected chi connectivity index (χ3v) is 9.58. The molecule has 0 spiro atoms. The highest BCUT2D eigenvalue weighted by Crippen LogP contribution is 2.42. The van der Waals surface area contributed by atoms with Crippen molar-refractivity contribution < 1.29 is 42.2 Å². The number of carbonyl (C=O) groups excluding carboxylic acids is 3. The summed E-state index contributed by atoms with van der Waals surface area (Å²) in [5.41, 5.74) is 9.14. The summed E-state index contributed by atoms with van der Waals surface area (Å²) in [5.74, 6) is -3.27. The summed E-state index contributed by atoms with van der Waals surface area (Å²) in [6.45, 7) is 1.18. The minimum atomic E-state index is -5.08. The number of fused-ring (bicyclic) bond motifs is 1. The second kappa shape index (κ2) is 13.9.